The molecule has 0 fully saturated rings. The monoisotopic (exact) mass is 200 g/mol. The number of H-pyrrole nitrogens is 1. The Kier molecular flexibility index (Phi) is 2.35. The van der Waals surface area contributed by atoms with E-state index in [-0.39, 0.29) is 0 Å². The molecule has 0 saturated heterocycles. The van der Waals surface area contributed by atoms with Gasteiger partial charge < -0.3 is 4.98 Å². The van der Waals surface area contributed by atoms with Gasteiger partial charge in [-0.3, -0.25) is 0 Å². The van der Waals surface area contributed by atoms with Crippen molar-refractivity contribution in [2.24, 2.45) is 0 Å². The zero-order valence-corrected chi connectivity index (χ0v) is 9.68. The number of imidazole rings is 1. The molecule has 0 aliphatic carbocycles. The molecule has 1 aromatic heterocycles. The van der Waals surface area contributed by atoms with Crippen LogP contribution in [0.1, 0.15) is 22.5 Å². The Bertz CT molecular complexity index is 495. The van der Waals surface area contributed by atoms with Gasteiger partial charge in [0.05, 0.1) is 11.9 Å². The maximum absolute atomic E-state index is 4.23. The summed E-state index contributed by atoms with van der Waals surface area (Å²) in [7, 11) is 0. The SMILES string of the molecule is Cc1ncc(-c2cc(C)c(C)cc2C)[nH]1. The number of hydrogen-bond acceptors (Lipinski definition) is 1. The first kappa shape index (κ1) is 9.97. The second kappa shape index (κ2) is 3.54. The van der Waals surface area contributed by atoms with E-state index in [0.717, 1.165) is 11.5 Å². The summed E-state index contributed by atoms with van der Waals surface area (Å²) < 4.78 is 0. The number of aromatic amines is 1. The third-order valence-corrected chi connectivity index (χ3v) is 2.83. The summed E-state index contributed by atoms with van der Waals surface area (Å²) in [4.78, 5) is 7.50. The average Bonchev–Trinajstić information content (AvgIpc) is 2.58. The highest BCUT2D eigenvalue weighted by atomic mass is 14.9. The van der Waals surface area contributed by atoms with Crippen LogP contribution in [0.3, 0.4) is 0 Å². The van der Waals surface area contributed by atoms with Crippen molar-refractivity contribution in [3.8, 4) is 11.3 Å². The Morgan fingerprint density at radius 1 is 0.933 bits per heavy atom. The van der Waals surface area contributed by atoms with Crippen molar-refractivity contribution in [1.29, 1.82) is 0 Å². The van der Waals surface area contributed by atoms with Crippen molar-refractivity contribution in [3.63, 3.8) is 0 Å². The Morgan fingerprint density at radius 2 is 1.60 bits per heavy atom. The number of aromatic nitrogens is 2. The lowest BCUT2D eigenvalue weighted by Gasteiger charge is -2.07. The summed E-state index contributed by atoms with van der Waals surface area (Å²) >= 11 is 0. The normalized spacial score (nSPS) is 10.7. The van der Waals surface area contributed by atoms with Crippen LogP contribution in [0.15, 0.2) is 18.3 Å². The Labute approximate surface area is 90.4 Å². The van der Waals surface area contributed by atoms with Crippen LogP contribution in [-0.2, 0) is 0 Å². The second-order valence-electron chi connectivity index (χ2n) is 4.13. The number of nitrogens with one attached hydrogen (secondary N) is 1. The molecule has 0 unspecified atom stereocenters. The zero-order valence-electron chi connectivity index (χ0n) is 9.68. The first-order valence-electron chi connectivity index (χ1n) is 5.18. The molecule has 15 heavy (non-hydrogen) atoms. The van der Waals surface area contributed by atoms with E-state index < -0.39 is 0 Å². The third kappa shape index (κ3) is 1.80. The summed E-state index contributed by atoms with van der Waals surface area (Å²) in [6.45, 7) is 8.39. The maximum Gasteiger partial charge on any atom is 0.103 e. The van der Waals surface area contributed by atoms with Gasteiger partial charge in [0.2, 0.25) is 0 Å². The molecule has 2 aromatic rings. The fourth-order valence-electron chi connectivity index (χ4n) is 1.81. The zero-order chi connectivity index (χ0) is 11.0. The molecule has 0 saturated carbocycles. The predicted octanol–water partition coefficient (Wildman–Crippen LogP) is 3.31. The van der Waals surface area contributed by atoms with E-state index in [9.17, 15) is 0 Å². The molecule has 0 atom stereocenters. The van der Waals surface area contributed by atoms with Crippen LogP contribution in [0.4, 0.5) is 0 Å². The molecule has 0 amide bonds. The van der Waals surface area contributed by atoms with Gasteiger partial charge in [-0.1, -0.05) is 6.07 Å². The van der Waals surface area contributed by atoms with Crippen LogP contribution in [-0.4, -0.2) is 9.97 Å². The van der Waals surface area contributed by atoms with E-state index in [4.69, 9.17) is 0 Å². The highest BCUT2D eigenvalue weighted by Gasteiger charge is 2.06. The lowest BCUT2D eigenvalue weighted by Crippen LogP contribution is -1.88. The Hall–Kier alpha value is -1.57. The average molecular weight is 200 g/mol. The molecule has 1 aromatic carbocycles. The standard InChI is InChI=1S/C13H16N2/c1-8-5-10(3)12(6-9(8)2)13-7-14-11(4)15-13/h5-7H,1-4H3,(H,14,15). The minimum atomic E-state index is 0.961. The molecule has 0 radical (unpaired) electrons. The molecule has 0 bridgehead atoms. The first-order chi connectivity index (χ1) is 7.08. The summed E-state index contributed by atoms with van der Waals surface area (Å²) in [6.07, 6.45) is 1.90. The highest BCUT2D eigenvalue weighted by molar-refractivity contribution is 5.64. The van der Waals surface area contributed by atoms with Crippen LogP contribution in [0.25, 0.3) is 11.3 Å². The number of aryl methyl sites for hydroxylation is 4. The van der Waals surface area contributed by atoms with Gasteiger partial charge in [0, 0.05) is 5.56 Å². The van der Waals surface area contributed by atoms with Gasteiger partial charge in [-0.05, 0) is 50.5 Å². The van der Waals surface area contributed by atoms with Crippen LogP contribution in [0.5, 0.6) is 0 Å². The van der Waals surface area contributed by atoms with E-state index in [1.54, 1.807) is 0 Å². The molecule has 0 aliphatic heterocycles. The molecule has 2 heteroatoms. The van der Waals surface area contributed by atoms with Crippen LogP contribution in [0.2, 0.25) is 0 Å². The van der Waals surface area contributed by atoms with Crippen molar-refractivity contribution in [1.82, 2.24) is 9.97 Å². The molecule has 2 nitrogen and oxygen atoms in total. The van der Waals surface area contributed by atoms with Crippen molar-refractivity contribution in [2.45, 2.75) is 27.7 Å². The molecular weight excluding hydrogens is 184 g/mol. The van der Waals surface area contributed by atoms with Gasteiger partial charge in [0.1, 0.15) is 5.82 Å². The van der Waals surface area contributed by atoms with Gasteiger partial charge in [0.15, 0.2) is 0 Å². The van der Waals surface area contributed by atoms with Gasteiger partial charge in [0.25, 0.3) is 0 Å². The van der Waals surface area contributed by atoms with Crippen LogP contribution < -0.4 is 0 Å². The number of benzene rings is 1. The van der Waals surface area contributed by atoms with Crippen LogP contribution >= 0.6 is 0 Å². The first-order valence-corrected chi connectivity index (χ1v) is 5.18. The lowest BCUT2D eigenvalue weighted by molar-refractivity contribution is 1.15. The lowest BCUT2D eigenvalue weighted by atomic mass is 9.99. The summed E-state index contributed by atoms with van der Waals surface area (Å²) in [5.41, 5.74) is 6.31. The fraction of sp³-hybridized carbons (Fsp3) is 0.308. The van der Waals surface area contributed by atoms with Crippen molar-refractivity contribution < 1.29 is 0 Å². The van der Waals surface area contributed by atoms with Crippen molar-refractivity contribution in [3.05, 3.63) is 40.8 Å². The second-order valence-corrected chi connectivity index (χ2v) is 4.13. The molecule has 1 N–H and O–H groups in total. The number of hydrogen-bond donors (Lipinski definition) is 1. The minimum absolute atomic E-state index is 0.961. The van der Waals surface area contributed by atoms with E-state index in [0.29, 0.717) is 0 Å². The molecular formula is C13H16N2. The number of nitrogens with zero attached hydrogens (tertiary/aromatic N) is 1. The van der Waals surface area contributed by atoms with Crippen LogP contribution in [0, 0.1) is 27.7 Å². The van der Waals surface area contributed by atoms with E-state index in [1.807, 2.05) is 13.1 Å². The molecule has 2 rings (SSSR count). The Morgan fingerprint density at radius 3 is 2.20 bits per heavy atom. The van der Waals surface area contributed by atoms with Gasteiger partial charge >= 0.3 is 0 Å². The summed E-state index contributed by atoms with van der Waals surface area (Å²) in [5.74, 6) is 0.961. The smallest absolute Gasteiger partial charge is 0.103 e. The van der Waals surface area contributed by atoms with E-state index >= 15 is 0 Å². The van der Waals surface area contributed by atoms with E-state index in [1.165, 1.54) is 22.3 Å². The highest BCUT2D eigenvalue weighted by Crippen LogP contribution is 2.24. The minimum Gasteiger partial charge on any atom is -0.342 e. The summed E-state index contributed by atoms with van der Waals surface area (Å²) in [5, 5.41) is 0. The predicted molar refractivity (Wildman–Crippen MR) is 63.0 cm³/mol. The van der Waals surface area contributed by atoms with Gasteiger partial charge in [-0.15, -0.1) is 0 Å². The molecule has 1 heterocycles. The van der Waals surface area contributed by atoms with Crippen molar-refractivity contribution in [2.75, 3.05) is 0 Å². The van der Waals surface area contributed by atoms with Gasteiger partial charge in [-0.25, -0.2) is 4.98 Å². The quantitative estimate of drug-likeness (QED) is 0.751. The third-order valence-electron chi connectivity index (χ3n) is 2.83. The topological polar surface area (TPSA) is 28.7 Å². The number of rotatable bonds is 1. The van der Waals surface area contributed by atoms with E-state index in [2.05, 4.69) is 42.9 Å². The van der Waals surface area contributed by atoms with Gasteiger partial charge in [-0.2, -0.15) is 0 Å². The molecule has 78 valence electrons. The maximum atomic E-state index is 4.23. The fourth-order valence-corrected chi connectivity index (χ4v) is 1.81. The summed E-state index contributed by atoms with van der Waals surface area (Å²) in [6, 6.07) is 4.44. The Balaban J connectivity index is 2.58. The molecule has 0 spiro atoms. The van der Waals surface area contributed by atoms with Crippen molar-refractivity contribution >= 4 is 0 Å². The molecule has 0 aliphatic rings. The largest absolute Gasteiger partial charge is 0.342 e.